The van der Waals surface area contributed by atoms with Crippen molar-refractivity contribution in [3.05, 3.63) is 221 Å². The Morgan fingerprint density at radius 1 is 0.392 bits per heavy atom. The van der Waals surface area contributed by atoms with Gasteiger partial charge in [-0.1, -0.05) is 90.0 Å². The average Bonchev–Trinajstić information content (AvgIpc) is 3.98. The Morgan fingerprint density at radius 3 is 1.55 bits per heavy atom. The molecule has 0 saturated heterocycles. The highest BCUT2D eigenvalue weighted by atomic mass is 127. The first-order valence-corrected chi connectivity index (χ1v) is 18.3. The summed E-state index contributed by atoms with van der Waals surface area (Å²) >= 11 is 2.36. The lowest BCUT2D eigenvalue weighted by Crippen LogP contribution is -2.18. The van der Waals surface area contributed by atoms with E-state index in [2.05, 4.69) is 208 Å². The van der Waals surface area contributed by atoms with E-state index < -0.39 is 0 Å². The Hall–Kier alpha value is -5.79. The first-order chi connectivity index (χ1) is 24.9. The predicted molar refractivity (Wildman–Crippen MR) is 217 cm³/mol. The van der Waals surface area contributed by atoms with Crippen LogP contribution in [-0.4, -0.2) is 19.9 Å². The Labute approximate surface area is 309 Å². The number of halogens is 1. The monoisotopic (exact) mass is 770 g/mol. The average molecular weight is 771 g/mol. The smallest absolute Gasteiger partial charge is 0.0485 e. The maximum atomic E-state index is 3.88. The van der Waals surface area contributed by atoms with Crippen molar-refractivity contribution in [2.75, 3.05) is 0 Å². The van der Waals surface area contributed by atoms with Crippen LogP contribution in [0.2, 0.25) is 0 Å². The summed E-state index contributed by atoms with van der Waals surface area (Å²) in [6.45, 7) is 4.26. The summed E-state index contributed by atoms with van der Waals surface area (Å²) in [5.41, 5.74) is 15.7. The molecule has 8 aromatic rings. The zero-order valence-electron chi connectivity index (χ0n) is 28.3. The number of aryl methyl sites for hydroxylation is 2. The van der Waals surface area contributed by atoms with Gasteiger partial charge in [0.25, 0.3) is 0 Å². The number of fused-ring (bicyclic) bond motifs is 8. The van der Waals surface area contributed by atoms with Gasteiger partial charge >= 0.3 is 0 Å². The molecular weight excluding hydrogens is 735 g/mol. The van der Waals surface area contributed by atoms with Gasteiger partial charge in [-0.15, -0.1) is 0 Å². The quantitative estimate of drug-likeness (QED) is 0.132. The van der Waals surface area contributed by atoms with Crippen molar-refractivity contribution in [2.24, 2.45) is 0 Å². The van der Waals surface area contributed by atoms with Gasteiger partial charge in [-0.3, -0.25) is 0 Å². The van der Waals surface area contributed by atoms with Crippen LogP contribution >= 0.6 is 22.6 Å². The number of H-pyrrole nitrogens is 4. The van der Waals surface area contributed by atoms with Gasteiger partial charge in [-0.2, -0.15) is 0 Å². The fraction of sp³-hybridized carbons (Fsp3) is 0.0435. The van der Waals surface area contributed by atoms with Crippen LogP contribution in [0.25, 0.3) is 33.9 Å². The van der Waals surface area contributed by atoms with Crippen LogP contribution in [-0.2, 0) is 0 Å². The zero-order valence-corrected chi connectivity index (χ0v) is 30.5. The van der Waals surface area contributed by atoms with Crippen molar-refractivity contribution in [3.63, 3.8) is 0 Å². The van der Waals surface area contributed by atoms with Crippen molar-refractivity contribution in [2.45, 2.75) is 13.8 Å². The molecule has 0 fully saturated rings. The normalized spacial score (nSPS) is 12.6. The maximum Gasteiger partial charge on any atom is 0.0485 e. The number of hydrogen-bond acceptors (Lipinski definition) is 0. The Balaban J connectivity index is 1.36. The van der Waals surface area contributed by atoms with Crippen LogP contribution in [0.1, 0.15) is 50.6 Å². The number of benzene rings is 4. The highest BCUT2D eigenvalue weighted by Gasteiger charge is 2.17. The first kappa shape index (κ1) is 31.2. The van der Waals surface area contributed by atoms with E-state index in [9.17, 15) is 0 Å². The van der Waals surface area contributed by atoms with E-state index in [1.165, 1.54) is 25.8 Å². The summed E-state index contributed by atoms with van der Waals surface area (Å²) in [5, 5.41) is 4.16. The zero-order chi connectivity index (χ0) is 34.5. The molecule has 4 aromatic carbocycles. The molecule has 8 bridgehead atoms. The molecule has 4 nitrogen and oxygen atoms in total. The largest absolute Gasteiger partial charge is 0.355 e. The van der Waals surface area contributed by atoms with Gasteiger partial charge < -0.3 is 19.9 Å². The van der Waals surface area contributed by atoms with Crippen molar-refractivity contribution in [1.82, 2.24) is 19.9 Å². The summed E-state index contributed by atoms with van der Waals surface area (Å²) in [7, 11) is 0. The molecule has 0 saturated carbocycles. The second kappa shape index (κ2) is 12.8. The van der Waals surface area contributed by atoms with Crippen LogP contribution in [0.4, 0.5) is 0 Å². The van der Waals surface area contributed by atoms with E-state index in [0.29, 0.717) is 0 Å². The fourth-order valence-corrected chi connectivity index (χ4v) is 7.49. The second-order valence-electron chi connectivity index (χ2n) is 13.3. The fourth-order valence-electron chi connectivity index (χ4n) is 7.13. The molecule has 0 amide bonds. The van der Waals surface area contributed by atoms with Gasteiger partial charge in [0, 0.05) is 64.5 Å². The third kappa shape index (κ3) is 6.04. The van der Waals surface area contributed by atoms with Crippen molar-refractivity contribution < 1.29 is 0 Å². The second-order valence-corrected chi connectivity index (χ2v) is 14.6. The molecule has 0 radical (unpaired) electrons. The molecule has 5 heteroatoms. The van der Waals surface area contributed by atoms with E-state index in [1.54, 1.807) is 0 Å². The molecule has 0 unspecified atom stereocenters. The van der Waals surface area contributed by atoms with Gasteiger partial charge in [0.2, 0.25) is 0 Å². The Bertz CT molecular complexity index is 2800. The van der Waals surface area contributed by atoms with E-state index in [-0.39, 0.29) is 0 Å². The number of hydrogen-bond donors (Lipinski definition) is 4. The minimum absolute atomic E-state index is 1.03. The SMILES string of the molecule is Cc1ccc(C2=c3ccc([nH]3)=Cc3ccc([nH]3)C(c3ccc(C)cc3)=c3ccc([nH]3)=C(c3cccc(-c4ccc(I)cc4)c3)c3ccc2[nH]3)cc1. The van der Waals surface area contributed by atoms with E-state index >= 15 is 0 Å². The summed E-state index contributed by atoms with van der Waals surface area (Å²) < 4.78 is 1.22. The highest BCUT2D eigenvalue weighted by molar-refractivity contribution is 14.1. The van der Waals surface area contributed by atoms with Crippen molar-refractivity contribution in [1.29, 1.82) is 0 Å². The number of nitrogens with one attached hydrogen (secondary N) is 4. The van der Waals surface area contributed by atoms with Gasteiger partial charge in [0.1, 0.15) is 0 Å². The third-order valence-corrected chi connectivity index (χ3v) is 10.4. The van der Waals surface area contributed by atoms with Crippen LogP contribution in [0.5, 0.6) is 0 Å². The van der Waals surface area contributed by atoms with Gasteiger partial charge in [-0.05, 0) is 137 Å². The van der Waals surface area contributed by atoms with E-state index in [0.717, 1.165) is 77.6 Å². The molecule has 4 aromatic heterocycles. The van der Waals surface area contributed by atoms with Crippen LogP contribution < -0.4 is 21.4 Å². The Morgan fingerprint density at radius 2 is 0.902 bits per heavy atom. The molecule has 5 heterocycles. The number of aromatic nitrogens is 4. The summed E-state index contributed by atoms with van der Waals surface area (Å²) in [4.78, 5) is 15.2. The molecule has 0 spiro atoms. The van der Waals surface area contributed by atoms with Crippen LogP contribution in [0.3, 0.4) is 0 Å². The Kier molecular flexibility index (Phi) is 7.85. The summed E-state index contributed by atoms with van der Waals surface area (Å²) in [5.74, 6) is 0. The molecule has 1 aliphatic rings. The molecule has 4 N–H and O–H groups in total. The molecule has 51 heavy (non-hydrogen) atoms. The summed E-state index contributed by atoms with van der Waals surface area (Å²) in [6.07, 6.45) is 2.17. The van der Waals surface area contributed by atoms with Crippen molar-refractivity contribution >= 4 is 45.4 Å². The molecule has 0 aliphatic carbocycles. The molecule has 0 atom stereocenters. The molecular formula is C46H35IN4. The highest BCUT2D eigenvalue weighted by Crippen LogP contribution is 2.29. The lowest BCUT2D eigenvalue weighted by atomic mass is 9.97. The van der Waals surface area contributed by atoms with E-state index in [4.69, 9.17) is 0 Å². The molecule has 246 valence electrons. The standard InChI is InChI=1S/C46H35IN4/c1-28-6-10-31(11-7-28)44-38-20-18-36(48-38)27-37-19-21-39(49-37)45(32-12-8-29(2)9-13-32)41-23-25-43(51-41)46(42-24-22-40(44)50-42)34-5-3-4-33(26-34)30-14-16-35(47)17-15-30/h3-27,48-51H,1-2H3. The minimum Gasteiger partial charge on any atom is -0.355 e. The van der Waals surface area contributed by atoms with Crippen LogP contribution in [0.15, 0.2) is 146 Å². The third-order valence-electron chi connectivity index (χ3n) is 9.73. The van der Waals surface area contributed by atoms with Gasteiger partial charge in [0.05, 0.1) is 0 Å². The molecule has 1 aliphatic heterocycles. The maximum absolute atomic E-state index is 3.88. The number of rotatable bonds is 4. The van der Waals surface area contributed by atoms with Crippen molar-refractivity contribution in [3.8, 4) is 11.1 Å². The predicted octanol–water partition coefficient (Wildman–Crippen LogP) is 7.77. The number of aromatic amines is 4. The van der Waals surface area contributed by atoms with Gasteiger partial charge in [-0.25, -0.2) is 0 Å². The molecule has 9 rings (SSSR count). The lowest BCUT2D eigenvalue weighted by Gasteiger charge is -2.11. The van der Waals surface area contributed by atoms with Gasteiger partial charge in [0.15, 0.2) is 0 Å². The summed E-state index contributed by atoms with van der Waals surface area (Å²) in [6, 6.07) is 52.6. The minimum atomic E-state index is 1.03. The van der Waals surface area contributed by atoms with Crippen LogP contribution in [0, 0.1) is 17.4 Å². The lowest BCUT2D eigenvalue weighted by molar-refractivity contribution is 1.19. The van der Waals surface area contributed by atoms with E-state index in [1.807, 2.05) is 0 Å². The topological polar surface area (TPSA) is 63.2 Å². The first-order valence-electron chi connectivity index (χ1n) is 17.2.